The SMILES string of the molecule is C[C@H]1c2ccccc2C(=O)N1[C@H](CO)c1ccccc1. The number of rotatable bonds is 3. The highest BCUT2D eigenvalue weighted by molar-refractivity contribution is 5.99. The molecule has 0 aliphatic carbocycles. The summed E-state index contributed by atoms with van der Waals surface area (Å²) in [6.07, 6.45) is 0. The molecule has 1 N–H and O–H groups in total. The molecule has 3 rings (SSSR count). The molecule has 0 aromatic heterocycles. The predicted molar refractivity (Wildman–Crippen MR) is 77.3 cm³/mol. The minimum Gasteiger partial charge on any atom is -0.394 e. The van der Waals surface area contributed by atoms with Gasteiger partial charge in [0.25, 0.3) is 5.91 Å². The first-order valence-corrected chi connectivity index (χ1v) is 6.81. The quantitative estimate of drug-likeness (QED) is 0.928. The summed E-state index contributed by atoms with van der Waals surface area (Å²) < 4.78 is 0. The summed E-state index contributed by atoms with van der Waals surface area (Å²) in [5.41, 5.74) is 2.74. The fraction of sp³-hybridized carbons (Fsp3) is 0.235. The molecular formula is C17H17NO2. The number of amides is 1. The van der Waals surface area contributed by atoms with Crippen molar-refractivity contribution in [3.63, 3.8) is 0 Å². The highest BCUT2D eigenvalue weighted by Crippen LogP contribution is 2.39. The molecule has 3 nitrogen and oxygen atoms in total. The Morgan fingerprint density at radius 1 is 1.10 bits per heavy atom. The molecule has 20 heavy (non-hydrogen) atoms. The summed E-state index contributed by atoms with van der Waals surface area (Å²) in [7, 11) is 0. The van der Waals surface area contributed by atoms with Gasteiger partial charge in [-0.25, -0.2) is 0 Å². The maximum atomic E-state index is 12.6. The molecule has 1 amide bonds. The maximum Gasteiger partial charge on any atom is 0.255 e. The average Bonchev–Trinajstić information content (AvgIpc) is 2.75. The summed E-state index contributed by atoms with van der Waals surface area (Å²) in [5, 5.41) is 9.76. The van der Waals surface area contributed by atoms with E-state index in [1.54, 1.807) is 4.90 Å². The van der Waals surface area contributed by atoms with Crippen LogP contribution in [0.25, 0.3) is 0 Å². The standard InChI is InChI=1S/C17H17NO2/c1-12-14-9-5-6-10-15(14)17(20)18(12)16(11-19)13-7-3-2-4-8-13/h2-10,12,16,19H,11H2,1H3/t12-,16+/m0/s1. The summed E-state index contributed by atoms with van der Waals surface area (Å²) in [4.78, 5) is 14.4. The van der Waals surface area contributed by atoms with Gasteiger partial charge in [-0.1, -0.05) is 48.5 Å². The van der Waals surface area contributed by atoms with Crippen molar-refractivity contribution >= 4 is 5.91 Å². The van der Waals surface area contributed by atoms with Crippen molar-refractivity contribution in [1.29, 1.82) is 0 Å². The smallest absolute Gasteiger partial charge is 0.255 e. The second-order valence-corrected chi connectivity index (χ2v) is 5.08. The van der Waals surface area contributed by atoms with Gasteiger partial charge in [-0.15, -0.1) is 0 Å². The van der Waals surface area contributed by atoms with Gasteiger partial charge in [0.15, 0.2) is 0 Å². The van der Waals surface area contributed by atoms with Crippen molar-refractivity contribution < 1.29 is 9.90 Å². The molecule has 0 unspecified atom stereocenters. The zero-order chi connectivity index (χ0) is 14.1. The van der Waals surface area contributed by atoms with E-state index in [9.17, 15) is 9.90 Å². The van der Waals surface area contributed by atoms with Crippen LogP contribution in [0.3, 0.4) is 0 Å². The normalized spacial score (nSPS) is 19.0. The van der Waals surface area contributed by atoms with E-state index < -0.39 is 0 Å². The predicted octanol–water partition coefficient (Wildman–Crippen LogP) is 2.94. The van der Waals surface area contributed by atoms with Crippen LogP contribution in [-0.2, 0) is 0 Å². The monoisotopic (exact) mass is 267 g/mol. The number of carbonyl (C=O) groups is 1. The molecule has 0 saturated carbocycles. The fourth-order valence-corrected chi connectivity index (χ4v) is 2.96. The zero-order valence-electron chi connectivity index (χ0n) is 11.4. The number of fused-ring (bicyclic) bond motifs is 1. The molecule has 0 radical (unpaired) electrons. The van der Waals surface area contributed by atoms with Gasteiger partial charge in [0, 0.05) is 5.56 Å². The first-order chi connectivity index (χ1) is 9.74. The summed E-state index contributed by atoms with van der Waals surface area (Å²) in [6, 6.07) is 17.0. The zero-order valence-corrected chi connectivity index (χ0v) is 11.4. The Kier molecular flexibility index (Phi) is 3.28. The van der Waals surface area contributed by atoms with Crippen molar-refractivity contribution in [2.45, 2.75) is 19.0 Å². The molecule has 0 saturated heterocycles. The first-order valence-electron chi connectivity index (χ1n) is 6.81. The minimum absolute atomic E-state index is 0.00370. The number of aliphatic hydroxyl groups excluding tert-OH is 1. The van der Waals surface area contributed by atoms with E-state index in [1.165, 1.54) is 0 Å². The van der Waals surface area contributed by atoms with Gasteiger partial charge in [-0.05, 0) is 24.1 Å². The lowest BCUT2D eigenvalue weighted by molar-refractivity contribution is 0.0540. The van der Waals surface area contributed by atoms with Gasteiger partial charge in [0.2, 0.25) is 0 Å². The summed E-state index contributed by atoms with van der Waals surface area (Å²) >= 11 is 0. The fourth-order valence-electron chi connectivity index (χ4n) is 2.96. The lowest BCUT2D eigenvalue weighted by Gasteiger charge is -2.31. The van der Waals surface area contributed by atoms with Crippen LogP contribution in [0.4, 0.5) is 0 Å². The minimum atomic E-state index is -0.300. The highest BCUT2D eigenvalue weighted by atomic mass is 16.3. The number of carbonyl (C=O) groups excluding carboxylic acids is 1. The van der Waals surface area contributed by atoms with Gasteiger partial charge >= 0.3 is 0 Å². The van der Waals surface area contributed by atoms with Crippen molar-refractivity contribution in [2.24, 2.45) is 0 Å². The van der Waals surface area contributed by atoms with E-state index in [4.69, 9.17) is 0 Å². The average molecular weight is 267 g/mol. The van der Waals surface area contributed by atoms with Gasteiger partial charge < -0.3 is 10.0 Å². The lowest BCUT2D eigenvalue weighted by atomic mass is 10.0. The number of nitrogens with zero attached hydrogens (tertiary/aromatic N) is 1. The van der Waals surface area contributed by atoms with Crippen LogP contribution < -0.4 is 0 Å². The van der Waals surface area contributed by atoms with E-state index in [0.29, 0.717) is 0 Å². The Labute approximate surface area is 118 Å². The Balaban J connectivity index is 2.01. The van der Waals surface area contributed by atoms with Gasteiger partial charge in [-0.3, -0.25) is 4.79 Å². The van der Waals surface area contributed by atoms with Crippen LogP contribution in [0.1, 0.15) is 40.5 Å². The second-order valence-electron chi connectivity index (χ2n) is 5.08. The van der Waals surface area contributed by atoms with Crippen molar-refractivity contribution in [1.82, 2.24) is 4.90 Å². The molecule has 1 heterocycles. The van der Waals surface area contributed by atoms with Crippen molar-refractivity contribution in [3.05, 3.63) is 71.3 Å². The van der Waals surface area contributed by atoms with Crippen LogP contribution in [0.15, 0.2) is 54.6 Å². The second kappa shape index (κ2) is 5.10. The number of hydrogen-bond acceptors (Lipinski definition) is 2. The molecular weight excluding hydrogens is 250 g/mol. The van der Waals surface area contributed by atoms with E-state index in [0.717, 1.165) is 16.7 Å². The van der Waals surface area contributed by atoms with E-state index in [2.05, 4.69) is 0 Å². The number of benzene rings is 2. The number of hydrogen-bond donors (Lipinski definition) is 1. The highest BCUT2D eigenvalue weighted by Gasteiger charge is 2.38. The van der Waals surface area contributed by atoms with Crippen LogP contribution >= 0.6 is 0 Å². The largest absolute Gasteiger partial charge is 0.394 e. The van der Waals surface area contributed by atoms with Crippen LogP contribution in [0.2, 0.25) is 0 Å². The molecule has 3 heteroatoms. The Morgan fingerprint density at radius 2 is 1.75 bits per heavy atom. The molecule has 2 aromatic rings. The molecule has 1 aliphatic heterocycles. The van der Waals surface area contributed by atoms with Crippen molar-refractivity contribution in [2.75, 3.05) is 6.61 Å². The van der Waals surface area contributed by atoms with E-state index in [-0.39, 0.29) is 24.6 Å². The van der Waals surface area contributed by atoms with Gasteiger partial charge in [0.1, 0.15) is 0 Å². The molecule has 1 aliphatic rings. The maximum absolute atomic E-state index is 12.6. The van der Waals surface area contributed by atoms with E-state index in [1.807, 2.05) is 61.5 Å². The van der Waals surface area contributed by atoms with Crippen molar-refractivity contribution in [3.8, 4) is 0 Å². The third kappa shape index (κ3) is 1.91. The van der Waals surface area contributed by atoms with E-state index >= 15 is 0 Å². The molecule has 0 fully saturated rings. The summed E-state index contributed by atoms with van der Waals surface area (Å²) in [6.45, 7) is 1.93. The van der Waals surface area contributed by atoms with Crippen LogP contribution in [-0.4, -0.2) is 22.5 Å². The third-order valence-corrected chi connectivity index (χ3v) is 3.99. The molecule has 0 spiro atoms. The Morgan fingerprint density at radius 3 is 2.40 bits per heavy atom. The lowest BCUT2D eigenvalue weighted by Crippen LogP contribution is -2.33. The molecule has 0 bridgehead atoms. The third-order valence-electron chi connectivity index (χ3n) is 3.99. The van der Waals surface area contributed by atoms with Crippen LogP contribution in [0.5, 0.6) is 0 Å². The van der Waals surface area contributed by atoms with Crippen LogP contribution in [0, 0.1) is 0 Å². The topological polar surface area (TPSA) is 40.5 Å². The molecule has 102 valence electrons. The van der Waals surface area contributed by atoms with Gasteiger partial charge in [-0.2, -0.15) is 0 Å². The first kappa shape index (κ1) is 12.9. The Bertz CT molecular complexity index is 624. The van der Waals surface area contributed by atoms with Gasteiger partial charge in [0.05, 0.1) is 18.7 Å². The molecule has 2 atom stereocenters. The Hall–Kier alpha value is -2.13. The summed E-state index contributed by atoms with van der Waals surface area (Å²) in [5.74, 6) is -0.00370. The molecule has 2 aromatic carbocycles. The number of aliphatic hydroxyl groups is 1.